The second-order valence-electron chi connectivity index (χ2n) is 2.43. The number of hydrogen-bond acceptors (Lipinski definition) is 5. The Kier molecular flexibility index (Phi) is 5.78. The average Bonchev–Trinajstić information content (AvgIpc) is 2.00. The van der Waals surface area contributed by atoms with Gasteiger partial charge in [-0.3, -0.25) is 0 Å². The summed E-state index contributed by atoms with van der Waals surface area (Å²) in [6.45, 7) is 1.77. The van der Waals surface area contributed by atoms with E-state index in [-0.39, 0.29) is 13.2 Å². The SMILES string of the molecule is CCCC(S)(S)C(=O)OCCO. The minimum Gasteiger partial charge on any atom is -0.462 e. The lowest BCUT2D eigenvalue weighted by atomic mass is 10.2. The first kappa shape index (κ1) is 12.1. The summed E-state index contributed by atoms with van der Waals surface area (Å²) in [5.74, 6) is -0.495. The quantitative estimate of drug-likeness (QED) is 0.358. The molecule has 0 spiro atoms. The molecule has 0 rings (SSSR count). The Hall–Kier alpha value is 0.130. The Bertz CT molecular complexity index is 148. The van der Waals surface area contributed by atoms with Gasteiger partial charge in [0.1, 0.15) is 6.61 Å². The molecular weight excluding hydrogens is 196 g/mol. The molecule has 0 bridgehead atoms. The van der Waals surface area contributed by atoms with E-state index in [2.05, 4.69) is 30.0 Å². The second-order valence-corrected chi connectivity index (χ2v) is 4.31. The summed E-state index contributed by atoms with van der Waals surface area (Å²) in [6.07, 6.45) is 1.35. The van der Waals surface area contributed by atoms with Crippen LogP contribution in [0.2, 0.25) is 0 Å². The van der Waals surface area contributed by atoms with Crippen molar-refractivity contribution in [2.75, 3.05) is 13.2 Å². The van der Waals surface area contributed by atoms with Crippen LogP contribution in [0, 0.1) is 0 Å². The van der Waals surface area contributed by atoms with Gasteiger partial charge in [-0.15, -0.1) is 0 Å². The van der Waals surface area contributed by atoms with Crippen molar-refractivity contribution in [1.82, 2.24) is 0 Å². The molecule has 0 fully saturated rings. The summed E-state index contributed by atoms with van der Waals surface area (Å²) in [7, 11) is 0. The van der Waals surface area contributed by atoms with E-state index in [4.69, 9.17) is 5.11 Å². The monoisotopic (exact) mass is 210 g/mol. The first-order valence-corrected chi connectivity index (χ1v) is 4.67. The highest BCUT2D eigenvalue weighted by atomic mass is 32.2. The lowest BCUT2D eigenvalue weighted by Crippen LogP contribution is -2.29. The van der Waals surface area contributed by atoms with Gasteiger partial charge < -0.3 is 9.84 Å². The summed E-state index contributed by atoms with van der Waals surface area (Å²) >= 11 is 8.09. The zero-order valence-electron chi connectivity index (χ0n) is 6.99. The molecule has 0 aromatic heterocycles. The van der Waals surface area contributed by atoms with Crippen molar-refractivity contribution in [3.63, 3.8) is 0 Å². The molecule has 5 heteroatoms. The van der Waals surface area contributed by atoms with Crippen molar-refractivity contribution in [3.05, 3.63) is 0 Å². The standard InChI is InChI=1S/C7H14O3S2/c1-2-3-7(11,12)6(9)10-5-4-8/h8,11-12H,2-5H2,1H3. The largest absolute Gasteiger partial charge is 0.462 e. The maximum Gasteiger partial charge on any atom is 0.332 e. The topological polar surface area (TPSA) is 46.5 Å². The van der Waals surface area contributed by atoms with E-state index in [0.29, 0.717) is 6.42 Å². The van der Waals surface area contributed by atoms with Crippen LogP contribution in [0.4, 0.5) is 0 Å². The third kappa shape index (κ3) is 4.23. The predicted octanol–water partition coefficient (Wildman–Crippen LogP) is 0.878. The predicted molar refractivity (Wildman–Crippen MR) is 53.7 cm³/mol. The number of aliphatic hydroxyl groups excluding tert-OH is 1. The molecule has 0 heterocycles. The summed E-state index contributed by atoms with van der Waals surface area (Å²) in [4.78, 5) is 11.1. The van der Waals surface area contributed by atoms with Gasteiger partial charge in [0, 0.05) is 0 Å². The molecule has 0 aromatic rings. The smallest absolute Gasteiger partial charge is 0.332 e. The molecule has 0 amide bonds. The third-order valence-corrected chi connectivity index (χ3v) is 2.06. The van der Waals surface area contributed by atoms with E-state index in [0.717, 1.165) is 6.42 Å². The summed E-state index contributed by atoms with van der Waals surface area (Å²) in [5.41, 5.74) is 0. The van der Waals surface area contributed by atoms with Gasteiger partial charge in [-0.05, 0) is 6.42 Å². The molecule has 0 unspecified atom stereocenters. The van der Waals surface area contributed by atoms with Crippen LogP contribution in [-0.2, 0) is 9.53 Å². The molecule has 0 aliphatic carbocycles. The van der Waals surface area contributed by atoms with Gasteiger partial charge in [-0.25, -0.2) is 4.79 Å². The van der Waals surface area contributed by atoms with Crippen molar-refractivity contribution < 1.29 is 14.6 Å². The Morgan fingerprint density at radius 3 is 2.58 bits per heavy atom. The fraction of sp³-hybridized carbons (Fsp3) is 0.857. The molecular formula is C7H14O3S2. The fourth-order valence-corrected chi connectivity index (χ4v) is 1.28. The van der Waals surface area contributed by atoms with Gasteiger partial charge in [0.25, 0.3) is 0 Å². The molecule has 12 heavy (non-hydrogen) atoms. The highest BCUT2D eigenvalue weighted by Gasteiger charge is 2.30. The number of thiol groups is 2. The zero-order valence-corrected chi connectivity index (χ0v) is 8.78. The van der Waals surface area contributed by atoms with Crippen LogP contribution >= 0.6 is 25.3 Å². The van der Waals surface area contributed by atoms with Crippen molar-refractivity contribution >= 4 is 31.2 Å². The highest BCUT2D eigenvalue weighted by molar-refractivity contribution is 8.01. The fourth-order valence-electron chi connectivity index (χ4n) is 0.705. The molecule has 72 valence electrons. The number of esters is 1. The van der Waals surface area contributed by atoms with E-state index in [1.54, 1.807) is 0 Å². The third-order valence-electron chi connectivity index (χ3n) is 1.25. The summed E-state index contributed by atoms with van der Waals surface area (Å²) < 4.78 is 3.64. The summed E-state index contributed by atoms with van der Waals surface area (Å²) in [5, 5.41) is 8.38. The molecule has 0 saturated carbocycles. The Morgan fingerprint density at radius 1 is 1.58 bits per heavy atom. The Labute approximate surface area is 83.3 Å². The maximum absolute atomic E-state index is 11.1. The molecule has 0 radical (unpaired) electrons. The molecule has 0 aliphatic rings. The van der Waals surface area contributed by atoms with Crippen LogP contribution in [0.1, 0.15) is 19.8 Å². The number of ether oxygens (including phenoxy) is 1. The van der Waals surface area contributed by atoms with Gasteiger partial charge in [0.15, 0.2) is 4.08 Å². The van der Waals surface area contributed by atoms with E-state index in [1.807, 2.05) is 6.92 Å². The van der Waals surface area contributed by atoms with Crippen LogP contribution in [0.5, 0.6) is 0 Å². The van der Waals surface area contributed by atoms with Crippen LogP contribution in [-0.4, -0.2) is 28.4 Å². The number of rotatable bonds is 5. The Balaban J connectivity index is 3.88. The highest BCUT2D eigenvalue weighted by Crippen LogP contribution is 2.26. The molecule has 1 N–H and O–H groups in total. The number of carbonyl (C=O) groups excluding carboxylic acids is 1. The maximum atomic E-state index is 11.1. The first-order chi connectivity index (χ1) is 5.54. The second kappa shape index (κ2) is 5.72. The van der Waals surface area contributed by atoms with Crippen LogP contribution in [0.25, 0.3) is 0 Å². The van der Waals surface area contributed by atoms with Gasteiger partial charge in [0.05, 0.1) is 6.61 Å². The molecule has 0 aliphatic heterocycles. The minimum absolute atomic E-state index is 0.00537. The Morgan fingerprint density at radius 2 is 2.17 bits per heavy atom. The van der Waals surface area contributed by atoms with Crippen LogP contribution in [0.15, 0.2) is 0 Å². The zero-order chi connectivity index (χ0) is 9.61. The van der Waals surface area contributed by atoms with Crippen LogP contribution in [0.3, 0.4) is 0 Å². The first-order valence-electron chi connectivity index (χ1n) is 3.77. The minimum atomic E-state index is -1.02. The molecule has 3 nitrogen and oxygen atoms in total. The molecule has 0 atom stereocenters. The molecule has 0 saturated heterocycles. The number of carbonyl (C=O) groups is 1. The lowest BCUT2D eigenvalue weighted by Gasteiger charge is -2.19. The lowest BCUT2D eigenvalue weighted by molar-refractivity contribution is -0.145. The van der Waals surface area contributed by atoms with Gasteiger partial charge in [0.2, 0.25) is 0 Å². The number of hydrogen-bond donors (Lipinski definition) is 3. The van der Waals surface area contributed by atoms with Crippen molar-refractivity contribution in [2.45, 2.75) is 23.8 Å². The average molecular weight is 210 g/mol. The van der Waals surface area contributed by atoms with Gasteiger partial charge >= 0.3 is 5.97 Å². The van der Waals surface area contributed by atoms with Crippen molar-refractivity contribution in [3.8, 4) is 0 Å². The van der Waals surface area contributed by atoms with E-state index in [1.165, 1.54) is 0 Å². The van der Waals surface area contributed by atoms with Crippen molar-refractivity contribution in [1.29, 1.82) is 0 Å². The summed E-state index contributed by atoms with van der Waals surface area (Å²) in [6, 6.07) is 0. The van der Waals surface area contributed by atoms with Crippen molar-refractivity contribution in [2.24, 2.45) is 0 Å². The van der Waals surface area contributed by atoms with E-state index >= 15 is 0 Å². The van der Waals surface area contributed by atoms with Gasteiger partial charge in [-0.2, -0.15) is 25.3 Å². The van der Waals surface area contributed by atoms with Gasteiger partial charge in [-0.1, -0.05) is 13.3 Å². The van der Waals surface area contributed by atoms with E-state index < -0.39 is 10.0 Å². The number of aliphatic hydroxyl groups is 1. The normalized spacial score (nSPS) is 11.3. The molecule has 0 aromatic carbocycles. The van der Waals surface area contributed by atoms with E-state index in [9.17, 15) is 4.79 Å². The van der Waals surface area contributed by atoms with Crippen LogP contribution < -0.4 is 0 Å².